The number of nitrogens with one attached hydrogen (secondary N) is 1. The molecular formula is C22H19F7N2O3. The van der Waals surface area contributed by atoms with E-state index >= 15 is 0 Å². The van der Waals surface area contributed by atoms with Gasteiger partial charge in [0.15, 0.2) is 0 Å². The average Bonchev–Trinajstić information content (AvgIpc) is 2.74. The number of hydrogen-bond acceptors (Lipinski definition) is 2. The summed E-state index contributed by atoms with van der Waals surface area (Å²) in [4.78, 5) is 25.2. The first kappa shape index (κ1) is 25.3. The number of aryl methyl sites for hydroxylation is 1. The number of benzene rings is 2. The third kappa shape index (κ3) is 5.60. The normalized spacial score (nSPS) is 19.1. The Bertz CT molecular complexity index is 1070. The molecule has 0 unspecified atom stereocenters. The number of nitrogens with zero attached hydrogens (tertiary/aromatic N) is 1. The van der Waals surface area contributed by atoms with Gasteiger partial charge < -0.3 is 15.3 Å². The van der Waals surface area contributed by atoms with Gasteiger partial charge >= 0.3 is 18.4 Å². The average molecular weight is 492 g/mol. The van der Waals surface area contributed by atoms with E-state index in [1.54, 1.807) is 0 Å². The Morgan fingerprint density at radius 3 is 2.09 bits per heavy atom. The fourth-order valence-corrected chi connectivity index (χ4v) is 3.87. The second-order valence-electron chi connectivity index (χ2n) is 8.01. The predicted molar refractivity (Wildman–Crippen MR) is 106 cm³/mol. The molecule has 0 spiro atoms. The van der Waals surface area contributed by atoms with Crippen LogP contribution in [0.5, 0.6) is 0 Å². The zero-order chi connectivity index (χ0) is 25.4. The molecule has 0 bridgehead atoms. The van der Waals surface area contributed by atoms with Crippen molar-refractivity contribution in [1.29, 1.82) is 0 Å². The lowest BCUT2D eigenvalue weighted by atomic mass is 9.85. The molecule has 12 heteroatoms. The van der Waals surface area contributed by atoms with Gasteiger partial charge in [0.1, 0.15) is 5.82 Å². The summed E-state index contributed by atoms with van der Waals surface area (Å²) in [6.45, 7) is 1.35. The summed E-state index contributed by atoms with van der Waals surface area (Å²) >= 11 is 0. The molecule has 1 saturated heterocycles. The third-order valence-electron chi connectivity index (χ3n) is 5.66. The molecule has 2 N–H and O–H groups in total. The topological polar surface area (TPSA) is 69.6 Å². The first-order valence-corrected chi connectivity index (χ1v) is 10.0. The molecule has 2 amide bonds. The third-order valence-corrected chi connectivity index (χ3v) is 5.66. The number of halogens is 7. The number of hydrogen-bond donors (Lipinski definition) is 2. The Kier molecular flexibility index (Phi) is 6.81. The van der Waals surface area contributed by atoms with E-state index in [4.69, 9.17) is 0 Å². The van der Waals surface area contributed by atoms with Gasteiger partial charge in [0.2, 0.25) is 0 Å². The smallest absolute Gasteiger partial charge is 0.416 e. The molecule has 2 atom stereocenters. The van der Waals surface area contributed by atoms with Gasteiger partial charge in [-0.1, -0.05) is 12.1 Å². The summed E-state index contributed by atoms with van der Waals surface area (Å²) in [5.74, 6) is -2.39. The Morgan fingerprint density at radius 1 is 1.00 bits per heavy atom. The highest BCUT2D eigenvalue weighted by Gasteiger charge is 2.38. The fraction of sp³-hybridized carbons (Fsp3) is 0.364. The van der Waals surface area contributed by atoms with Gasteiger partial charge in [0, 0.05) is 30.6 Å². The van der Waals surface area contributed by atoms with Crippen LogP contribution < -0.4 is 5.32 Å². The van der Waals surface area contributed by atoms with E-state index in [0.29, 0.717) is 17.7 Å². The van der Waals surface area contributed by atoms with Gasteiger partial charge in [-0.2, -0.15) is 26.3 Å². The van der Waals surface area contributed by atoms with Crippen LogP contribution in [0.25, 0.3) is 0 Å². The van der Waals surface area contributed by atoms with Crippen molar-refractivity contribution in [3.8, 4) is 0 Å². The standard InChI is InChI=1S/C22H19F7N2O3/c1-11-6-12(2-3-17(11)23)16-10-31(20(33)34)5-4-18(16)30-19(32)13-7-14(21(24,25)26)9-15(8-13)22(27,28)29/h2-3,6-9,16,18H,4-5,10H2,1H3,(H,30,32)(H,33,34)/t16-,18+/m0/s1. The van der Waals surface area contributed by atoms with Gasteiger partial charge in [-0.25, -0.2) is 9.18 Å². The van der Waals surface area contributed by atoms with E-state index in [9.17, 15) is 45.4 Å². The van der Waals surface area contributed by atoms with Crippen molar-refractivity contribution in [2.24, 2.45) is 0 Å². The van der Waals surface area contributed by atoms with Gasteiger partial charge in [0.25, 0.3) is 5.91 Å². The molecule has 0 aliphatic carbocycles. The predicted octanol–water partition coefficient (Wildman–Crippen LogP) is 5.44. The molecule has 184 valence electrons. The summed E-state index contributed by atoms with van der Waals surface area (Å²) in [5.41, 5.74) is -3.37. The van der Waals surface area contributed by atoms with Crippen LogP contribution in [-0.4, -0.2) is 41.1 Å². The van der Waals surface area contributed by atoms with Crippen molar-refractivity contribution in [2.75, 3.05) is 13.1 Å². The van der Waals surface area contributed by atoms with E-state index in [1.165, 1.54) is 19.1 Å². The van der Waals surface area contributed by atoms with E-state index in [0.717, 1.165) is 11.0 Å². The maximum Gasteiger partial charge on any atom is 0.416 e. The molecule has 1 aliphatic heterocycles. The van der Waals surface area contributed by atoms with Crippen molar-refractivity contribution >= 4 is 12.0 Å². The van der Waals surface area contributed by atoms with Crippen molar-refractivity contribution < 1.29 is 45.4 Å². The molecule has 3 rings (SSSR count). The van der Waals surface area contributed by atoms with E-state index < -0.39 is 58.8 Å². The second-order valence-corrected chi connectivity index (χ2v) is 8.01. The summed E-state index contributed by atoms with van der Waals surface area (Å²) in [6.07, 6.45) is -11.4. The number of amides is 2. The molecule has 2 aromatic carbocycles. The lowest BCUT2D eigenvalue weighted by Crippen LogP contribution is -2.51. The molecule has 1 aliphatic rings. The van der Waals surface area contributed by atoms with Crippen molar-refractivity contribution in [2.45, 2.75) is 37.7 Å². The highest BCUT2D eigenvalue weighted by atomic mass is 19.4. The monoisotopic (exact) mass is 492 g/mol. The van der Waals surface area contributed by atoms with Gasteiger partial charge in [-0.15, -0.1) is 0 Å². The Morgan fingerprint density at radius 2 is 1.59 bits per heavy atom. The molecule has 5 nitrogen and oxygen atoms in total. The maximum atomic E-state index is 13.7. The first-order valence-electron chi connectivity index (χ1n) is 10.0. The van der Waals surface area contributed by atoms with E-state index in [-0.39, 0.29) is 31.1 Å². The van der Waals surface area contributed by atoms with Crippen LogP contribution in [-0.2, 0) is 12.4 Å². The van der Waals surface area contributed by atoms with E-state index in [1.807, 2.05) is 0 Å². The zero-order valence-corrected chi connectivity index (χ0v) is 17.6. The Hall–Kier alpha value is -3.31. The lowest BCUT2D eigenvalue weighted by Gasteiger charge is -2.38. The van der Waals surface area contributed by atoms with Crippen LogP contribution in [0.1, 0.15) is 45.0 Å². The van der Waals surface area contributed by atoms with Crippen LogP contribution in [0.3, 0.4) is 0 Å². The minimum Gasteiger partial charge on any atom is -0.465 e. The van der Waals surface area contributed by atoms with Crippen molar-refractivity contribution in [3.63, 3.8) is 0 Å². The minimum atomic E-state index is -5.11. The molecule has 0 aromatic heterocycles. The Labute approximate surface area is 189 Å². The summed E-state index contributed by atoms with van der Waals surface area (Å²) < 4.78 is 92.5. The summed E-state index contributed by atoms with van der Waals surface area (Å²) in [6, 6.07) is 3.76. The second kappa shape index (κ2) is 9.15. The number of piperidine rings is 1. The molecular weight excluding hydrogens is 473 g/mol. The van der Waals surface area contributed by atoms with Crippen molar-refractivity contribution in [1.82, 2.24) is 10.2 Å². The molecule has 34 heavy (non-hydrogen) atoms. The largest absolute Gasteiger partial charge is 0.465 e. The molecule has 0 radical (unpaired) electrons. The molecule has 2 aromatic rings. The fourth-order valence-electron chi connectivity index (χ4n) is 3.87. The highest BCUT2D eigenvalue weighted by Crippen LogP contribution is 2.36. The van der Waals surface area contributed by atoms with Gasteiger partial charge in [-0.05, 0) is 48.7 Å². The van der Waals surface area contributed by atoms with Crippen LogP contribution in [0.2, 0.25) is 0 Å². The number of carbonyl (C=O) groups excluding carboxylic acids is 1. The quantitative estimate of drug-likeness (QED) is 0.561. The van der Waals surface area contributed by atoms with Crippen LogP contribution >= 0.6 is 0 Å². The SMILES string of the molecule is Cc1cc([C@@H]2CN(C(=O)O)CC[C@H]2NC(=O)c2cc(C(F)(F)F)cc(C(F)(F)F)c2)ccc1F. The molecule has 0 saturated carbocycles. The Balaban J connectivity index is 1.95. The summed E-state index contributed by atoms with van der Waals surface area (Å²) in [5, 5.41) is 11.8. The highest BCUT2D eigenvalue weighted by molar-refractivity contribution is 5.95. The number of carbonyl (C=O) groups is 2. The number of carboxylic acid groups (broad SMARTS) is 1. The van der Waals surface area contributed by atoms with Crippen LogP contribution in [0, 0.1) is 12.7 Å². The summed E-state index contributed by atoms with van der Waals surface area (Å²) in [7, 11) is 0. The lowest BCUT2D eigenvalue weighted by molar-refractivity contribution is -0.143. The number of alkyl halides is 6. The number of rotatable bonds is 3. The van der Waals surface area contributed by atoms with Crippen LogP contribution in [0.15, 0.2) is 36.4 Å². The van der Waals surface area contributed by atoms with Gasteiger partial charge in [0.05, 0.1) is 11.1 Å². The van der Waals surface area contributed by atoms with Crippen molar-refractivity contribution in [3.05, 3.63) is 70.0 Å². The molecule has 1 heterocycles. The van der Waals surface area contributed by atoms with E-state index in [2.05, 4.69) is 5.32 Å². The van der Waals surface area contributed by atoms with Gasteiger partial charge in [-0.3, -0.25) is 4.79 Å². The maximum absolute atomic E-state index is 13.7. The number of likely N-dealkylation sites (tertiary alicyclic amines) is 1. The zero-order valence-electron chi connectivity index (χ0n) is 17.6. The molecule has 1 fully saturated rings. The first-order chi connectivity index (χ1) is 15.7. The minimum absolute atomic E-state index is 0.0205. The van der Waals surface area contributed by atoms with Crippen LogP contribution in [0.4, 0.5) is 35.5 Å².